The summed E-state index contributed by atoms with van der Waals surface area (Å²) < 4.78 is 5.50. The molecule has 1 aromatic carbocycles. The molecule has 7 heteroatoms. The Bertz CT molecular complexity index is 669. The molecule has 0 bridgehead atoms. The zero-order chi connectivity index (χ0) is 15.5. The molecule has 134 valence electrons. The van der Waals surface area contributed by atoms with Gasteiger partial charge in [-0.3, -0.25) is 4.79 Å². The van der Waals surface area contributed by atoms with Gasteiger partial charge in [0.15, 0.2) is 11.5 Å². The average Bonchev–Trinajstić information content (AvgIpc) is 2.87. The zero-order valence-corrected chi connectivity index (χ0v) is 15.6. The van der Waals surface area contributed by atoms with Crippen LogP contribution < -0.4 is 10.6 Å². The van der Waals surface area contributed by atoms with Crippen LogP contribution in [0.5, 0.6) is 0 Å². The van der Waals surface area contributed by atoms with Crippen molar-refractivity contribution < 1.29 is 9.21 Å². The monoisotopic (exact) mass is 373 g/mol. The van der Waals surface area contributed by atoms with Crippen LogP contribution in [0, 0.1) is 18.8 Å². The van der Waals surface area contributed by atoms with Gasteiger partial charge in [0.05, 0.1) is 0 Å². The molecule has 1 aliphatic rings. The number of aryl methyl sites for hydroxylation is 1. The highest BCUT2D eigenvalue weighted by molar-refractivity contribution is 5.92. The van der Waals surface area contributed by atoms with Crippen molar-refractivity contribution in [2.75, 3.05) is 18.4 Å². The fourth-order valence-electron chi connectivity index (χ4n) is 3.20. The maximum absolute atomic E-state index is 12.2. The van der Waals surface area contributed by atoms with Crippen LogP contribution in [-0.2, 0) is 4.79 Å². The molecular formula is C17H25Cl2N3O2. The quantitative estimate of drug-likeness (QED) is 0.851. The smallest absolute Gasteiger partial charge is 0.224 e. The number of benzene rings is 1. The SMILES string of the molecule is Cc1nc2ccc(NC(=O)CC(C)C3CCNCC3)cc2o1.Cl.Cl. The van der Waals surface area contributed by atoms with Crippen LogP contribution in [-0.4, -0.2) is 24.0 Å². The highest BCUT2D eigenvalue weighted by Crippen LogP contribution is 2.25. The van der Waals surface area contributed by atoms with Gasteiger partial charge in [-0.25, -0.2) is 4.98 Å². The van der Waals surface area contributed by atoms with E-state index in [1.165, 1.54) is 0 Å². The first-order valence-corrected chi connectivity index (χ1v) is 7.99. The van der Waals surface area contributed by atoms with E-state index in [4.69, 9.17) is 4.42 Å². The van der Waals surface area contributed by atoms with Gasteiger partial charge < -0.3 is 15.1 Å². The van der Waals surface area contributed by atoms with Gasteiger partial charge in [-0.15, -0.1) is 24.8 Å². The number of anilines is 1. The molecule has 2 aromatic rings. The molecule has 5 nitrogen and oxygen atoms in total. The fraction of sp³-hybridized carbons (Fsp3) is 0.529. The second kappa shape index (κ2) is 9.25. The van der Waals surface area contributed by atoms with Gasteiger partial charge in [-0.05, 0) is 49.9 Å². The van der Waals surface area contributed by atoms with Gasteiger partial charge in [-0.2, -0.15) is 0 Å². The summed E-state index contributed by atoms with van der Waals surface area (Å²) in [6, 6.07) is 5.58. The summed E-state index contributed by atoms with van der Waals surface area (Å²) in [6.45, 7) is 6.13. The summed E-state index contributed by atoms with van der Waals surface area (Å²) in [5.74, 6) is 1.77. The van der Waals surface area contributed by atoms with E-state index in [1.54, 1.807) is 0 Å². The first-order valence-electron chi connectivity index (χ1n) is 7.99. The minimum atomic E-state index is 0. The highest BCUT2D eigenvalue weighted by Gasteiger charge is 2.22. The molecule has 24 heavy (non-hydrogen) atoms. The molecule has 1 aromatic heterocycles. The minimum absolute atomic E-state index is 0. The lowest BCUT2D eigenvalue weighted by atomic mass is 9.84. The molecule has 0 spiro atoms. The number of nitrogens with one attached hydrogen (secondary N) is 2. The van der Waals surface area contributed by atoms with Crippen LogP contribution in [0.2, 0.25) is 0 Å². The van der Waals surface area contributed by atoms with E-state index >= 15 is 0 Å². The number of amides is 1. The lowest BCUT2D eigenvalue weighted by molar-refractivity contribution is -0.117. The van der Waals surface area contributed by atoms with Gasteiger partial charge in [-0.1, -0.05) is 6.92 Å². The molecule has 3 rings (SSSR count). The Balaban J connectivity index is 0.00000144. The van der Waals surface area contributed by atoms with Crippen molar-refractivity contribution in [2.45, 2.75) is 33.1 Å². The van der Waals surface area contributed by atoms with Crippen molar-refractivity contribution >= 4 is 47.5 Å². The van der Waals surface area contributed by atoms with Crippen LogP contribution in [0.3, 0.4) is 0 Å². The summed E-state index contributed by atoms with van der Waals surface area (Å²) in [5, 5.41) is 6.34. The highest BCUT2D eigenvalue weighted by atomic mass is 35.5. The van der Waals surface area contributed by atoms with Gasteiger partial charge in [0, 0.05) is 25.1 Å². The number of carbonyl (C=O) groups is 1. The Morgan fingerprint density at radius 2 is 2.08 bits per heavy atom. The van der Waals surface area contributed by atoms with Crippen molar-refractivity contribution in [3.63, 3.8) is 0 Å². The largest absolute Gasteiger partial charge is 0.441 e. The third-order valence-corrected chi connectivity index (χ3v) is 4.48. The van der Waals surface area contributed by atoms with Crippen molar-refractivity contribution in [2.24, 2.45) is 11.8 Å². The summed E-state index contributed by atoms with van der Waals surface area (Å²) >= 11 is 0. The Kier molecular flexibility index (Phi) is 8.00. The second-order valence-corrected chi connectivity index (χ2v) is 6.23. The summed E-state index contributed by atoms with van der Waals surface area (Å²) in [6.07, 6.45) is 2.90. The average molecular weight is 374 g/mol. The number of rotatable bonds is 4. The van der Waals surface area contributed by atoms with Gasteiger partial charge >= 0.3 is 0 Å². The predicted molar refractivity (Wildman–Crippen MR) is 101 cm³/mol. The van der Waals surface area contributed by atoms with Crippen molar-refractivity contribution in [1.29, 1.82) is 0 Å². The Morgan fingerprint density at radius 1 is 1.38 bits per heavy atom. The number of halogens is 2. The summed E-state index contributed by atoms with van der Waals surface area (Å²) in [7, 11) is 0. The van der Waals surface area contributed by atoms with Crippen molar-refractivity contribution in [3.05, 3.63) is 24.1 Å². The van der Waals surface area contributed by atoms with Crippen LogP contribution in [0.4, 0.5) is 5.69 Å². The first kappa shape index (κ1) is 20.7. The van der Waals surface area contributed by atoms with E-state index in [0.29, 0.717) is 29.7 Å². The number of hydrogen-bond donors (Lipinski definition) is 2. The molecule has 2 N–H and O–H groups in total. The van der Waals surface area contributed by atoms with Crippen LogP contribution >= 0.6 is 24.8 Å². The molecule has 1 atom stereocenters. The molecule has 2 heterocycles. The first-order chi connectivity index (χ1) is 10.6. The lowest BCUT2D eigenvalue weighted by Gasteiger charge is -2.27. The Hall–Kier alpha value is -1.30. The minimum Gasteiger partial charge on any atom is -0.441 e. The van der Waals surface area contributed by atoms with Crippen LogP contribution in [0.1, 0.15) is 32.1 Å². The van der Waals surface area contributed by atoms with E-state index in [0.717, 1.165) is 37.1 Å². The van der Waals surface area contributed by atoms with Crippen LogP contribution in [0.15, 0.2) is 22.6 Å². The van der Waals surface area contributed by atoms with Gasteiger partial charge in [0.25, 0.3) is 0 Å². The second-order valence-electron chi connectivity index (χ2n) is 6.23. The van der Waals surface area contributed by atoms with E-state index in [-0.39, 0.29) is 30.7 Å². The van der Waals surface area contributed by atoms with E-state index in [9.17, 15) is 4.79 Å². The molecule has 0 radical (unpaired) electrons. The van der Waals surface area contributed by atoms with Gasteiger partial charge in [0.2, 0.25) is 5.91 Å². The van der Waals surface area contributed by atoms with Crippen LogP contribution in [0.25, 0.3) is 11.1 Å². The molecule has 0 aliphatic carbocycles. The lowest BCUT2D eigenvalue weighted by Crippen LogP contribution is -2.32. The number of carbonyl (C=O) groups excluding carboxylic acids is 1. The van der Waals surface area contributed by atoms with Crippen molar-refractivity contribution in [1.82, 2.24) is 10.3 Å². The fourth-order valence-corrected chi connectivity index (χ4v) is 3.20. The maximum atomic E-state index is 12.2. The topological polar surface area (TPSA) is 67.2 Å². The summed E-state index contributed by atoms with van der Waals surface area (Å²) in [4.78, 5) is 16.5. The standard InChI is InChI=1S/C17H23N3O2.2ClH/c1-11(13-5-7-18-8-6-13)9-17(21)20-14-3-4-15-16(10-14)22-12(2)19-15;;/h3-4,10-11,13,18H,5-9H2,1-2H3,(H,20,21);2*1H. The Morgan fingerprint density at radius 3 is 2.79 bits per heavy atom. The molecule has 1 amide bonds. The number of fused-ring (bicyclic) bond motifs is 1. The zero-order valence-electron chi connectivity index (χ0n) is 14.0. The van der Waals surface area contributed by atoms with Gasteiger partial charge in [0.1, 0.15) is 5.52 Å². The van der Waals surface area contributed by atoms with E-state index in [1.807, 2.05) is 25.1 Å². The molecule has 1 unspecified atom stereocenters. The molecule has 1 fully saturated rings. The summed E-state index contributed by atoms with van der Waals surface area (Å²) in [5.41, 5.74) is 2.30. The number of nitrogens with zero attached hydrogens (tertiary/aromatic N) is 1. The molecule has 0 saturated carbocycles. The predicted octanol–water partition coefficient (Wildman–Crippen LogP) is 3.94. The number of hydrogen-bond acceptors (Lipinski definition) is 4. The third-order valence-electron chi connectivity index (χ3n) is 4.48. The number of aromatic nitrogens is 1. The molecule has 1 saturated heterocycles. The Labute approximate surface area is 154 Å². The maximum Gasteiger partial charge on any atom is 0.224 e. The number of oxazole rings is 1. The molecule has 1 aliphatic heterocycles. The van der Waals surface area contributed by atoms with E-state index in [2.05, 4.69) is 22.5 Å². The number of piperidine rings is 1. The van der Waals surface area contributed by atoms with Crippen molar-refractivity contribution in [3.8, 4) is 0 Å². The van der Waals surface area contributed by atoms with E-state index < -0.39 is 0 Å². The third kappa shape index (κ3) is 5.10. The molecular weight excluding hydrogens is 349 g/mol. The normalized spacial score (nSPS) is 16.1.